The molecule has 1 aliphatic rings. The van der Waals surface area contributed by atoms with E-state index in [-0.39, 0.29) is 12.0 Å². The zero-order chi connectivity index (χ0) is 23.6. The van der Waals surface area contributed by atoms with Gasteiger partial charge in [0.15, 0.2) is 0 Å². The van der Waals surface area contributed by atoms with Gasteiger partial charge in [0.1, 0.15) is 5.75 Å². The number of hydrogen-bond acceptors (Lipinski definition) is 7. The molecule has 0 amide bonds. The number of unbranched alkanes of at least 4 members (excludes halogenated alkanes) is 4. The Kier molecular flexibility index (Phi) is 9.91. The second kappa shape index (κ2) is 12.9. The lowest BCUT2D eigenvalue weighted by molar-refractivity contribution is -0.143. The molecule has 182 valence electrons. The lowest BCUT2D eigenvalue weighted by atomic mass is 10.0. The Morgan fingerprint density at radius 3 is 2.76 bits per heavy atom. The molecule has 0 radical (unpaired) electrons. The van der Waals surface area contributed by atoms with E-state index in [9.17, 15) is 9.90 Å². The van der Waals surface area contributed by atoms with Gasteiger partial charge in [-0.1, -0.05) is 32.6 Å². The largest absolute Gasteiger partial charge is 0.497 e. The Labute approximate surface area is 197 Å². The van der Waals surface area contributed by atoms with E-state index >= 15 is 0 Å². The number of fused-ring (bicyclic) bond motifs is 1. The first-order chi connectivity index (χ1) is 16.0. The molecule has 1 unspecified atom stereocenters. The molecule has 0 spiro atoms. The van der Waals surface area contributed by atoms with Gasteiger partial charge in [0.25, 0.3) is 0 Å². The summed E-state index contributed by atoms with van der Waals surface area (Å²) >= 11 is 0. The van der Waals surface area contributed by atoms with Crippen LogP contribution in [0.15, 0.2) is 30.5 Å². The van der Waals surface area contributed by atoms with Crippen molar-refractivity contribution in [3.8, 4) is 5.75 Å². The lowest BCUT2D eigenvalue weighted by Crippen LogP contribution is -2.54. The van der Waals surface area contributed by atoms with Crippen molar-refractivity contribution >= 4 is 16.9 Å². The first-order valence-electron chi connectivity index (χ1n) is 12.2. The Morgan fingerprint density at radius 1 is 1.18 bits per heavy atom. The fourth-order valence-corrected chi connectivity index (χ4v) is 4.69. The second-order valence-electron chi connectivity index (χ2n) is 8.94. The number of benzene rings is 1. The van der Waals surface area contributed by atoms with Gasteiger partial charge in [0.2, 0.25) is 0 Å². The number of rotatable bonds is 12. The van der Waals surface area contributed by atoms with Crippen LogP contribution in [0, 0.1) is 0 Å². The summed E-state index contributed by atoms with van der Waals surface area (Å²) in [6.07, 6.45) is 7.66. The standard InChI is InChI=1S/C26H39N3O4/c1-4-5-6-7-8-13-28-14-15-29(20(18-28)16-26(31)33-3)19-25(30)22-11-12-27-24-10-9-21(32-2)17-23(22)24/h9-12,17,20,25,30H,4-8,13-16,18-19H2,1-3H3/t20?,25-/m1/s1. The molecule has 2 atom stereocenters. The number of methoxy groups -OCH3 is 2. The van der Waals surface area contributed by atoms with Crippen LogP contribution >= 0.6 is 0 Å². The molecule has 2 heterocycles. The van der Waals surface area contributed by atoms with Crippen LogP contribution in [0.2, 0.25) is 0 Å². The maximum atomic E-state index is 12.1. The van der Waals surface area contributed by atoms with Gasteiger partial charge in [-0.15, -0.1) is 0 Å². The van der Waals surface area contributed by atoms with Crippen molar-refractivity contribution in [2.24, 2.45) is 0 Å². The summed E-state index contributed by atoms with van der Waals surface area (Å²) in [5.74, 6) is 0.531. The molecule has 1 aromatic heterocycles. The molecule has 1 aromatic carbocycles. The zero-order valence-corrected chi connectivity index (χ0v) is 20.3. The molecule has 1 saturated heterocycles. The number of β-amino-alcohol motifs (C(OH)–C–C–N with tert-alkyl or cyclic N) is 1. The summed E-state index contributed by atoms with van der Waals surface area (Å²) in [5, 5.41) is 12.1. The summed E-state index contributed by atoms with van der Waals surface area (Å²) in [6, 6.07) is 7.60. The quantitative estimate of drug-likeness (QED) is 0.384. The van der Waals surface area contributed by atoms with Gasteiger partial charge < -0.3 is 19.5 Å². The van der Waals surface area contributed by atoms with Crippen LogP contribution in [-0.4, -0.2) is 78.8 Å². The average Bonchev–Trinajstić information content (AvgIpc) is 2.84. The number of pyridine rings is 1. The highest BCUT2D eigenvalue weighted by atomic mass is 16.5. The molecule has 1 fully saturated rings. The molecule has 33 heavy (non-hydrogen) atoms. The molecule has 1 N–H and O–H groups in total. The van der Waals surface area contributed by atoms with Gasteiger partial charge in [-0.3, -0.25) is 14.7 Å². The predicted octanol–water partition coefficient (Wildman–Crippen LogP) is 3.80. The number of hydrogen-bond donors (Lipinski definition) is 1. The SMILES string of the molecule is CCCCCCCN1CCN(C[C@@H](O)c2ccnc3ccc(OC)cc23)C(CC(=O)OC)C1. The topological polar surface area (TPSA) is 75.1 Å². The molecule has 0 saturated carbocycles. The molecule has 7 heteroatoms. The first kappa shape index (κ1) is 25.4. The van der Waals surface area contributed by atoms with Gasteiger partial charge in [0, 0.05) is 43.8 Å². The maximum Gasteiger partial charge on any atom is 0.307 e. The van der Waals surface area contributed by atoms with Crippen molar-refractivity contribution in [1.29, 1.82) is 0 Å². The molecule has 2 aromatic rings. The van der Waals surface area contributed by atoms with Gasteiger partial charge in [0.05, 0.1) is 32.3 Å². The highest BCUT2D eigenvalue weighted by Gasteiger charge is 2.30. The number of ether oxygens (including phenoxy) is 2. The minimum atomic E-state index is -0.691. The van der Waals surface area contributed by atoms with E-state index < -0.39 is 6.10 Å². The summed E-state index contributed by atoms with van der Waals surface area (Å²) in [7, 11) is 3.07. The number of piperazine rings is 1. The van der Waals surface area contributed by atoms with Crippen LogP contribution in [-0.2, 0) is 9.53 Å². The molecule has 7 nitrogen and oxygen atoms in total. The minimum absolute atomic E-state index is 0.0270. The van der Waals surface area contributed by atoms with E-state index in [0.29, 0.717) is 13.0 Å². The van der Waals surface area contributed by atoms with Crippen LogP contribution in [0.1, 0.15) is 57.1 Å². The van der Waals surface area contributed by atoms with Crippen molar-refractivity contribution in [2.75, 3.05) is 46.9 Å². The predicted molar refractivity (Wildman–Crippen MR) is 130 cm³/mol. The smallest absolute Gasteiger partial charge is 0.307 e. The molecule has 1 aliphatic heterocycles. The fourth-order valence-electron chi connectivity index (χ4n) is 4.69. The van der Waals surface area contributed by atoms with Crippen LogP contribution in [0.5, 0.6) is 5.75 Å². The van der Waals surface area contributed by atoms with Gasteiger partial charge in [-0.25, -0.2) is 0 Å². The van der Waals surface area contributed by atoms with E-state index in [0.717, 1.165) is 48.4 Å². The van der Waals surface area contributed by atoms with E-state index in [1.54, 1.807) is 13.3 Å². The van der Waals surface area contributed by atoms with E-state index in [1.807, 2.05) is 24.3 Å². The van der Waals surface area contributed by atoms with Crippen molar-refractivity contribution in [2.45, 2.75) is 57.6 Å². The van der Waals surface area contributed by atoms with Crippen molar-refractivity contribution < 1.29 is 19.4 Å². The van der Waals surface area contributed by atoms with Crippen molar-refractivity contribution in [1.82, 2.24) is 14.8 Å². The van der Waals surface area contributed by atoms with Crippen LogP contribution in [0.3, 0.4) is 0 Å². The third-order valence-corrected chi connectivity index (χ3v) is 6.65. The van der Waals surface area contributed by atoms with Gasteiger partial charge in [-0.05, 0) is 42.8 Å². The summed E-state index contributed by atoms with van der Waals surface area (Å²) in [4.78, 5) is 21.2. The Hall–Kier alpha value is -2.22. The summed E-state index contributed by atoms with van der Waals surface area (Å²) in [5.41, 5.74) is 1.65. The average molecular weight is 458 g/mol. The van der Waals surface area contributed by atoms with E-state index in [1.165, 1.54) is 39.2 Å². The van der Waals surface area contributed by atoms with Crippen LogP contribution in [0.4, 0.5) is 0 Å². The monoisotopic (exact) mass is 457 g/mol. The van der Waals surface area contributed by atoms with Crippen LogP contribution < -0.4 is 4.74 Å². The number of esters is 1. The Balaban J connectivity index is 1.68. The summed E-state index contributed by atoms with van der Waals surface area (Å²) in [6.45, 7) is 6.34. The number of carbonyl (C=O) groups excluding carboxylic acids is 1. The van der Waals surface area contributed by atoms with Crippen molar-refractivity contribution in [3.05, 3.63) is 36.0 Å². The molecule has 0 aliphatic carbocycles. The van der Waals surface area contributed by atoms with Crippen LogP contribution in [0.25, 0.3) is 10.9 Å². The number of carbonyl (C=O) groups is 1. The van der Waals surface area contributed by atoms with E-state index in [4.69, 9.17) is 9.47 Å². The third kappa shape index (κ3) is 7.13. The minimum Gasteiger partial charge on any atom is -0.497 e. The lowest BCUT2D eigenvalue weighted by Gasteiger charge is -2.42. The van der Waals surface area contributed by atoms with Crippen molar-refractivity contribution in [3.63, 3.8) is 0 Å². The molecule has 0 bridgehead atoms. The zero-order valence-electron chi connectivity index (χ0n) is 20.3. The van der Waals surface area contributed by atoms with Gasteiger partial charge in [-0.2, -0.15) is 0 Å². The normalized spacial score (nSPS) is 18.4. The van der Waals surface area contributed by atoms with E-state index in [2.05, 4.69) is 21.7 Å². The number of aliphatic hydroxyl groups is 1. The number of nitrogens with zero attached hydrogens (tertiary/aromatic N) is 3. The second-order valence-corrected chi connectivity index (χ2v) is 8.94. The highest BCUT2D eigenvalue weighted by molar-refractivity contribution is 5.83. The first-order valence-corrected chi connectivity index (χ1v) is 12.2. The van der Waals surface area contributed by atoms with Gasteiger partial charge >= 0.3 is 5.97 Å². The molecular formula is C26H39N3O4. The third-order valence-electron chi connectivity index (χ3n) is 6.65. The number of aliphatic hydroxyl groups excluding tert-OH is 1. The molecule has 3 rings (SSSR count). The molecular weight excluding hydrogens is 418 g/mol. The Bertz CT molecular complexity index is 891. The maximum absolute atomic E-state index is 12.1. The fraction of sp³-hybridized carbons (Fsp3) is 0.615. The number of aromatic nitrogens is 1. The highest BCUT2D eigenvalue weighted by Crippen LogP contribution is 2.28. The summed E-state index contributed by atoms with van der Waals surface area (Å²) < 4.78 is 10.3. The Morgan fingerprint density at radius 2 is 2.00 bits per heavy atom.